The molecule has 4 N–H and O–H groups in total. The third kappa shape index (κ3) is 4.67. The van der Waals surface area contributed by atoms with Crippen molar-refractivity contribution in [2.24, 2.45) is 0 Å². The van der Waals surface area contributed by atoms with Crippen molar-refractivity contribution in [3.05, 3.63) is 65.5 Å². The largest absolute Gasteiger partial charge is 0.508 e. The number of pyridine rings is 1. The maximum Gasteiger partial charge on any atom is 0.331 e. The molecule has 0 saturated heterocycles. The predicted octanol–water partition coefficient (Wildman–Crippen LogP) is 4.59. The van der Waals surface area contributed by atoms with Crippen LogP contribution < -0.4 is 5.32 Å². The van der Waals surface area contributed by atoms with Crippen LogP contribution in [0.2, 0.25) is 0 Å². The lowest BCUT2D eigenvalue weighted by Gasteiger charge is -2.22. The molecule has 0 spiro atoms. The van der Waals surface area contributed by atoms with Crippen LogP contribution in [0.4, 0.5) is 10.2 Å². The second kappa shape index (κ2) is 9.14. The SMILES string of the molecule is C=C(CCNc1nc2cc(O)ccc2c(-c2ccc(F)c(C)c2)c1C(C)CO)C(=O)O. The molecule has 0 fully saturated rings. The average molecular weight is 424 g/mol. The fraction of sp³-hybridized carbons (Fsp3) is 0.250. The fourth-order valence-electron chi connectivity index (χ4n) is 3.52. The van der Waals surface area contributed by atoms with E-state index >= 15 is 0 Å². The number of aliphatic hydroxyl groups excluding tert-OH is 1. The molecule has 0 aliphatic carbocycles. The van der Waals surface area contributed by atoms with E-state index < -0.39 is 5.97 Å². The lowest BCUT2D eigenvalue weighted by molar-refractivity contribution is -0.132. The number of halogens is 1. The Labute approximate surface area is 179 Å². The first-order valence-corrected chi connectivity index (χ1v) is 9.91. The van der Waals surface area contributed by atoms with Gasteiger partial charge in [0.25, 0.3) is 0 Å². The summed E-state index contributed by atoms with van der Waals surface area (Å²) in [6, 6.07) is 9.64. The molecular weight excluding hydrogens is 399 g/mol. The number of aromatic hydroxyl groups is 1. The van der Waals surface area contributed by atoms with Gasteiger partial charge in [-0.3, -0.25) is 0 Å². The number of aliphatic hydroxyl groups is 1. The molecule has 2 aromatic carbocycles. The number of nitrogens with zero attached hydrogens (tertiary/aromatic N) is 1. The molecule has 3 rings (SSSR count). The summed E-state index contributed by atoms with van der Waals surface area (Å²) in [7, 11) is 0. The van der Waals surface area contributed by atoms with Crippen molar-refractivity contribution >= 4 is 22.7 Å². The summed E-state index contributed by atoms with van der Waals surface area (Å²) in [5, 5.41) is 32.9. The summed E-state index contributed by atoms with van der Waals surface area (Å²) in [6.07, 6.45) is 0.201. The van der Waals surface area contributed by atoms with Crippen molar-refractivity contribution in [1.29, 1.82) is 0 Å². The number of hydrogen-bond acceptors (Lipinski definition) is 5. The Balaban J connectivity index is 2.23. The highest BCUT2D eigenvalue weighted by atomic mass is 19.1. The summed E-state index contributed by atoms with van der Waals surface area (Å²) >= 11 is 0. The van der Waals surface area contributed by atoms with Crippen LogP contribution in [0, 0.1) is 12.7 Å². The van der Waals surface area contributed by atoms with E-state index in [1.54, 1.807) is 31.2 Å². The van der Waals surface area contributed by atoms with Crippen molar-refractivity contribution in [2.45, 2.75) is 26.2 Å². The Hall–Kier alpha value is -3.45. The maximum absolute atomic E-state index is 13.9. The molecule has 7 heteroatoms. The van der Waals surface area contributed by atoms with Gasteiger partial charge in [0.15, 0.2) is 0 Å². The van der Waals surface area contributed by atoms with E-state index in [9.17, 15) is 19.4 Å². The predicted molar refractivity (Wildman–Crippen MR) is 119 cm³/mol. The lowest BCUT2D eigenvalue weighted by Crippen LogP contribution is -2.13. The second-order valence-electron chi connectivity index (χ2n) is 7.58. The number of carboxylic acids is 1. The quantitative estimate of drug-likeness (QED) is 0.394. The normalized spacial score (nSPS) is 12.0. The number of benzene rings is 2. The summed E-state index contributed by atoms with van der Waals surface area (Å²) in [5.41, 5.74) is 3.32. The van der Waals surface area contributed by atoms with E-state index in [-0.39, 0.29) is 42.6 Å². The van der Waals surface area contributed by atoms with Crippen molar-refractivity contribution in [3.63, 3.8) is 0 Å². The van der Waals surface area contributed by atoms with Crippen LogP contribution in [0.5, 0.6) is 5.75 Å². The van der Waals surface area contributed by atoms with E-state index in [0.717, 1.165) is 22.1 Å². The number of carboxylic acid groups (broad SMARTS) is 1. The smallest absolute Gasteiger partial charge is 0.331 e. The minimum absolute atomic E-state index is 0.0504. The van der Waals surface area contributed by atoms with Gasteiger partial charge in [-0.25, -0.2) is 14.2 Å². The molecule has 0 aliphatic rings. The van der Waals surface area contributed by atoms with Crippen molar-refractivity contribution in [2.75, 3.05) is 18.5 Å². The molecule has 162 valence electrons. The van der Waals surface area contributed by atoms with Gasteiger partial charge < -0.3 is 20.6 Å². The molecular formula is C24H25FN2O4. The lowest BCUT2D eigenvalue weighted by atomic mass is 9.88. The first kappa shape index (κ1) is 22.2. The second-order valence-corrected chi connectivity index (χ2v) is 7.58. The van der Waals surface area contributed by atoms with Crippen molar-refractivity contribution < 1.29 is 24.5 Å². The highest BCUT2D eigenvalue weighted by Crippen LogP contribution is 2.40. The van der Waals surface area contributed by atoms with Gasteiger partial charge in [-0.1, -0.05) is 19.6 Å². The summed E-state index contributed by atoms with van der Waals surface area (Å²) < 4.78 is 13.9. The van der Waals surface area contributed by atoms with E-state index in [4.69, 9.17) is 5.11 Å². The summed E-state index contributed by atoms with van der Waals surface area (Å²) in [4.78, 5) is 15.7. The maximum atomic E-state index is 13.9. The average Bonchev–Trinajstić information content (AvgIpc) is 2.73. The van der Waals surface area contributed by atoms with E-state index in [1.807, 2.05) is 6.92 Å². The zero-order valence-corrected chi connectivity index (χ0v) is 17.4. The van der Waals surface area contributed by atoms with Gasteiger partial charge >= 0.3 is 5.97 Å². The molecule has 3 aromatic rings. The highest BCUT2D eigenvalue weighted by Gasteiger charge is 2.22. The molecule has 1 heterocycles. The minimum Gasteiger partial charge on any atom is -0.508 e. The number of aryl methyl sites for hydroxylation is 1. The Morgan fingerprint density at radius 2 is 2.00 bits per heavy atom. The topological polar surface area (TPSA) is 103 Å². The fourth-order valence-corrected chi connectivity index (χ4v) is 3.52. The van der Waals surface area contributed by atoms with Gasteiger partial charge in [-0.15, -0.1) is 0 Å². The standard InChI is InChI=1S/C24H25FN2O4/c1-13(24(30)31)8-9-26-23-21(15(3)12-28)22(16-4-7-19(25)14(2)10-16)18-6-5-17(29)11-20(18)27-23/h4-7,10-11,15,28-29H,1,8-9,12H2,2-3H3,(H,26,27)(H,30,31). The molecule has 6 nitrogen and oxygen atoms in total. The van der Waals surface area contributed by atoms with Crippen LogP contribution in [0.15, 0.2) is 48.6 Å². The minimum atomic E-state index is -1.07. The number of rotatable bonds is 8. The highest BCUT2D eigenvalue weighted by molar-refractivity contribution is 5.99. The van der Waals surface area contributed by atoms with E-state index in [2.05, 4.69) is 16.9 Å². The number of phenols is 1. The first-order chi connectivity index (χ1) is 14.7. The molecule has 1 atom stereocenters. The van der Waals surface area contributed by atoms with Crippen molar-refractivity contribution in [3.8, 4) is 16.9 Å². The van der Waals surface area contributed by atoms with Gasteiger partial charge in [0, 0.05) is 41.7 Å². The molecule has 0 aliphatic heterocycles. The van der Waals surface area contributed by atoms with Crippen LogP contribution >= 0.6 is 0 Å². The van der Waals surface area contributed by atoms with Gasteiger partial charge in [0.1, 0.15) is 17.4 Å². The first-order valence-electron chi connectivity index (χ1n) is 9.91. The van der Waals surface area contributed by atoms with Crippen LogP contribution in [-0.2, 0) is 4.79 Å². The molecule has 1 aromatic heterocycles. The number of phenolic OH excluding ortho intramolecular Hbond substituents is 1. The third-order valence-electron chi connectivity index (χ3n) is 5.24. The number of anilines is 1. The molecule has 31 heavy (non-hydrogen) atoms. The van der Waals surface area contributed by atoms with Crippen molar-refractivity contribution in [1.82, 2.24) is 4.98 Å². The zero-order chi connectivity index (χ0) is 22.7. The van der Waals surface area contributed by atoms with Crippen LogP contribution in [0.25, 0.3) is 22.0 Å². The molecule has 0 bridgehead atoms. The van der Waals surface area contributed by atoms with Gasteiger partial charge in [0.05, 0.1) is 5.52 Å². The number of aromatic nitrogens is 1. The van der Waals surface area contributed by atoms with Gasteiger partial charge in [-0.05, 0) is 54.3 Å². The van der Waals surface area contributed by atoms with Gasteiger partial charge in [0.2, 0.25) is 0 Å². The molecule has 1 unspecified atom stereocenters. The number of aliphatic carboxylic acids is 1. The number of nitrogens with one attached hydrogen (secondary N) is 1. The molecule has 0 saturated carbocycles. The Bertz CT molecular complexity index is 1160. The van der Waals surface area contributed by atoms with Crippen LogP contribution in [0.3, 0.4) is 0 Å². The van der Waals surface area contributed by atoms with E-state index in [0.29, 0.717) is 16.9 Å². The van der Waals surface area contributed by atoms with Crippen LogP contribution in [0.1, 0.15) is 30.4 Å². The van der Waals surface area contributed by atoms with E-state index in [1.165, 1.54) is 12.1 Å². The molecule has 0 radical (unpaired) electrons. The number of hydrogen-bond donors (Lipinski definition) is 4. The Morgan fingerprint density at radius 3 is 2.65 bits per heavy atom. The Morgan fingerprint density at radius 1 is 1.26 bits per heavy atom. The van der Waals surface area contributed by atoms with Crippen LogP contribution in [-0.4, -0.2) is 39.4 Å². The molecule has 0 amide bonds. The number of fused-ring (bicyclic) bond motifs is 1. The zero-order valence-electron chi connectivity index (χ0n) is 17.4. The Kier molecular flexibility index (Phi) is 6.56. The number of carbonyl (C=O) groups is 1. The monoisotopic (exact) mass is 424 g/mol. The summed E-state index contributed by atoms with van der Waals surface area (Å²) in [5.74, 6) is -1.17. The van der Waals surface area contributed by atoms with Gasteiger partial charge in [-0.2, -0.15) is 0 Å². The third-order valence-corrected chi connectivity index (χ3v) is 5.24. The summed E-state index contributed by atoms with van der Waals surface area (Å²) in [6.45, 7) is 7.20.